The van der Waals surface area contributed by atoms with Crippen LogP contribution in [0.15, 0.2) is 24.3 Å². The monoisotopic (exact) mass is 364 g/mol. The second-order valence-electron chi connectivity index (χ2n) is 5.55. The highest BCUT2D eigenvalue weighted by molar-refractivity contribution is 7.15. The molecule has 0 radical (unpaired) electrons. The maximum Gasteiger partial charge on any atom is 0.229 e. The van der Waals surface area contributed by atoms with Gasteiger partial charge in [0.25, 0.3) is 0 Å². The molecule has 1 aliphatic rings. The Labute approximate surface area is 148 Å². The summed E-state index contributed by atoms with van der Waals surface area (Å²) >= 11 is 7.48. The highest BCUT2D eigenvalue weighted by Gasteiger charge is 2.36. The van der Waals surface area contributed by atoms with Crippen molar-refractivity contribution >= 4 is 39.9 Å². The zero-order valence-electron chi connectivity index (χ0n) is 13.2. The summed E-state index contributed by atoms with van der Waals surface area (Å²) in [6.45, 7) is 2.68. The van der Waals surface area contributed by atoms with E-state index in [2.05, 4.69) is 15.5 Å². The van der Waals surface area contributed by atoms with Crippen LogP contribution in [0, 0.1) is 5.92 Å². The molecule has 1 saturated heterocycles. The number of amides is 2. The Bertz CT molecular complexity index is 764. The van der Waals surface area contributed by atoms with Crippen LogP contribution in [0.3, 0.4) is 0 Å². The molecule has 126 valence electrons. The lowest BCUT2D eigenvalue weighted by molar-refractivity contribution is -0.126. The van der Waals surface area contributed by atoms with Crippen LogP contribution in [-0.2, 0) is 22.6 Å². The Morgan fingerprint density at radius 1 is 1.42 bits per heavy atom. The SMILES string of the molecule is CCc1nnc(N2CC(C(=O)NCc3ccccc3Cl)CC2=O)s1. The number of benzene rings is 1. The van der Waals surface area contributed by atoms with Crippen LogP contribution in [0.5, 0.6) is 0 Å². The van der Waals surface area contributed by atoms with Gasteiger partial charge in [-0.3, -0.25) is 14.5 Å². The van der Waals surface area contributed by atoms with E-state index in [4.69, 9.17) is 11.6 Å². The smallest absolute Gasteiger partial charge is 0.229 e. The minimum absolute atomic E-state index is 0.0910. The van der Waals surface area contributed by atoms with E-state index in [-0.39, 0.29) is 24.2 Å². The van der Waals surface area contributed by atoms with Gasteiger partial charge in [-0.15, -0.1) is 10.2 Å². The van der Waals surface area contributed by atoms with E-state index in [9.17, 15) is 9.59 Å². The van der Waals surface area contributed by atoms with Gasteiger partial charge in [0.05, 0.1) is 5.92 Å². The van der Waals surface area contributed by atoms with Gasteiger partial charge in [-0.1, -0.05) is 48.1 Å². The van der Waals surface area contributed by atoms with Gasteiger partial charge < -0.3 is 5.32 Å². The second kappa shape index (κ2) is 7.27. The summed E-state index contributed by atoms with van der Waals surface area (Å²) in [7, 11) is 0. The molecule has 0 saturated carbocycles. The average Bonchev–Trinajstić information content (AvgIpc) is 3.20. The molecule has 1 aliphatic heterocycles. The van der Waals surface area contributed by atoms with Crippen molar-refractivity contribution in [1.82, 2.24) is 15.5 Å². The van der Waals surface area contributed by atoms with Crippen LogP contribution in [0.1, 0.15) is 23.9 Å². The molecule has 1 aromatic carbocycles. The van der Waals surface area contributed by atoms with Gasteiger partial charge in [0.1, 0.15) is 5.01 Å². The van der Waals surface area contributed by atoms with Crippen molar-refractivity contribution in [1.29, 1.82) is 0 Å². The van der Waals surface area contributed by atoms with Crippen LogP contribution in [-0.4, -0.2) is 28.6 Å². The van der Waals surface area contributed by atoms with Crippen LogP contribution in [0.25, 0.3) is 0 Å². The Kier molecular flexibility index (Phi) is 5.11. The van der Waals surface area contributed by atoms with Crippen molar-refractivity contribution in [3.63, 3.8) is 0 Å². The number of aromatic nitrogens is 2. The Morgan fingerprint density at radius 2 is 2.21 bits per heavy atom. The maximum atomic E-state index is 12.3. The molecule has 2 heterocycles. The fourth-order valence-electron chi connectivity index (χ4n) is 2.53. The predicted octanol–water partition coefficient (Wildman–Crippen LogP) is 2.42. The molecule has 1 N–H and O–H groups in total. The normalized spacial score (nSPS) is 17.3. The number of carbonyl (C=O) groups is 2. The topological polar surface area (TPSA) is 75.2 Å². The zero-order valence-corrected chi connectivity index (χ0v) is 14.7. The summed E-state index contributed by atoms with van der Waals surface area (Å²) in [6, 6.07) is 7.36. The third kappa shape index (κ3) is 3.57. The van der Waals surface area contributed by atoms with Gasteiger partial charge in [-0.05, 0) is 18.1 Å². The van der Waals surface area contributed by atoms with Gasteiger partial charge in [0, 0.05) is 24.5 Å². The van der Waals surface area contributed by atoms with E-state index in [0.29, 0.717) is 23.2 Å². The minimum Gasteiger partial charge on any atom is -0.352 e. The van der Waals surface area contributed by atoms with Crippen molar-refractivity contribution in [2.24, 2.45) is 5.92 Å². The first-order chi connectivity index (χ1) is 11.6. The summed E-state index contributed by atoms with van der Waals surface area (Å²) in [5.41, 5.74) is 0.852. The number of nitrogens with one attached hydrogen (secondary N) is 1. The average molecular weight is 365 g/mol. The Hall–Kier alpha value is -1.99. The number of nitrogens with zero attached hydrogens (tertiary/aromatic N) is 3. The zero-order chi connectivity index (χ0) is 17.1. The molecule has 1 atom stereocenters. The molecular weight excluding hydrogens is 348 g/mol. The van der Waals surface area contributed by atoms with Crippen molar-refractivity contribution in [2.75, 3.05) is 11.4 Å². The Morgan fingerprint density at radius 3 is 2.92 bits per heavy atom. The van der Waals surface area contributed by atoms with E-state index in [1.807, 2.05) is 25.1 Å². The van der Waals surface area contributed by atoms with Crippen LogP contribution < -0.4 is 10.2 Å². The van der Waals surface area contributed by atoms with Gasteiger partial charge in [0.2, 0.25) is 16.9 Å². The summed E-state index contributed by atoms with van der Waals surface area (Å²) in [5, 5.41) is 13.0. The number of aryl methyl sites for hydroxylation is 1. The van der Waals surface area contributed by atoms with Crippen LogP contribution >= 0.6 is 22.9 Å². The summed E-state index contributed by atoms with van der Waals surface area (Å²) in [6.07, 6.45) is 0.969. The highest BCUT2D eigenvalue weighted by atomic mass is 35.5. The van der Waals surface area contributed by atoms with E-state index in [0.717, 1.165) is 17.0 Å². The number of rotatable bonds is 5. The molecule has 6 nitrogen and oxygen atoms in total. The quantitative estimate of drug-likeness (QED) is 0.884. The molecule has 0 spiro atoms. The number of carbonyl (C=O) groups excluding carboxylic acids is 2. The fourth-order valence-corrected chi connectivity index (χ4v) is 3.54. The first-order valence-electron chi connectivity index (χ1n) is 7.72. The molecule has 8 heteroatoms. The second-order valence-corrected chi connectivity index (χ2v) is 6.99. The van der Waals surface area contributed by atoms with Crippen molar-refractivity contribution < 1.29 is 9.59 Å². The molecule has 2 amide bonds. The first kappa shape index (κ1) is 16.9. The van der Waals surface area contributed by atoms with Crippen molar-refractivity contribution in [3.05, 3.63) is 39.9 Å². The highest BCUT2D eigenvalue weighted by Crippen LogP contribution is 2.28. The van der Waals surface area contributed by atoms with E-state index >= 15 is 0 Å². The molecule has 1 unspecified atom stereocenters. The Balaban J connectivity index is 1.60. The summed E-state index contributed by atoms with van der Waals surface area (Å²) in [4.78, 5) is 26.1. The van der Waals surface area contributed by atoms with Crippen molar-refractivity contribution in [2.45, 2.75) is 26.3 Å². The largest absolute Gasteiger partial charge is 0.352 e. The summed E-state index contributed by atoms with van der Waals surface area (Å²) < 4.78 is 0. The van der Waals surface area contributed by atoms with Gasteiger partial charge >= 0.3 is 0 Å². The molecule has 1 fully saturated rings. The maximum absolute atomic E-state index is 12.3. The number of hydrogen-bond donors (Lipinski definition) is 1. The van der Waals surface area contributed by atoms with E-state index in [1.54, 1.807) is 11.0 Å². The third-order valence-electron chi connectivity index (χ3n) is 3.90. The lowest BCUT2D eigenvalue weighted by Crippen LogP contribution is -2.32. The molecular formula is C16H17ClN4O2S. The number of halogens is 1. The standard InChI is InChI=1S/C16H17ClN4O2S/c1-2-13-19-20-16(24-13)21-9-11(7-14(21)22)15(23)18-8-10-5-3-4-6-12(10)17/h3-6,11H,2,7-9H2,1H3,(H,18,23). The van der Waals surface area contributed by atoms with E-state index < -0.39 is 0 Å². The number of hydrogen-bond acceptors (Lipinski definition) is 5. The predicted molar refractivity (Wildman–Crippen MR) is 93.0 cm³/mol. The van der Waals surface area contributed by atoms with Gasteiger partial charge in [-0.25, -0.2) is 0 Å². The lowest BCUT2D eigenvalue weighted by atomic mass is 10.1. The summed E-state index contributed by atoms with van der Waals surface area (Å²) in [5.74, 6) is -0.619. The molecule has 0 bridgehead atoms. The molecule has 0 aliphatic carbocycles. The fraction of sp³-hybridized carbons (Fsp3) is 0.375. The third-order valence-corrected chi connectivity index (χ3v) is 5.36. The first-order valence-corrected chi connectivity index (χ1v) is 8.91. The molecule has 2 aromatic rings. The van der Waals surface area contributed by atoms with Crippen LogP contribution in [0.2, 0.25) is 5.02 Å². The molecule has 3 rings (SSSR count). The number of anilines is 1. The van der Waals surface area contributed by atoms with Crippen LogP contribution in [0.4, 0.5) is 5.13 Å². The minimum atomic E-state index is -0.381. The van der Waals surface area contributed by atoms with Gasteiger partial charge in [0.15, 0.2) is 0 Å². The lowest BCUT2D eigenvalue weighted by Gasteiger charge is -2.13. The molecule has 24 heavy (non-hydrogen) atoms. The molecule has 1 aromatic heterocycles. The van der Waals surface area contributed by atoms with Gasteiger partial charge in [-0.2, -0.15) is 0 Å². The van der Waals surface area contributed by atoms with E-state index in [1.165, 1.54) is 11.3 Å². The van der Waals surface area contributed by atoms with Crippen molar-refractivity contribution in [3.8, 4) is 0 Å².